The highest BCUT2D eigenvalue weighted by Gasteiger charge is 2.11. The van der Waals surface area contributed by atoms with Crippen molar-refractivity contribution in [3.05, 3.63) is 65.0 Å². The van der Waals surface area contributed by atoms with Crippen LogP contribution in [0.1, 0.15) is 40.2 Å². The van der Waals surface area contributed by atoms with Crippen LogP contribution in [0.2, 0.25) is 0 Å². The van der Waals surface area contributed by atoms with Crippen molar-refractivity contribution in [1.82, 2.24) is 4.98 Å². The second-order valence-corrected chi connectivity index (χ2v) is 5.00. The van der Waals surface area contributed by atoms with Gasteiger partial charge in [-0.1, -0.05) is 30.3 Å². The molecule has 0 fully saturated rings. The molecule has 1 aliphatic rings. The van der Waals surface area contributed by atoms with Crippen LogP contribution in [0.4, 0.5) is 0 Å². The highest BCUT2D eigenvalue weighted by molar-refractivity contribution is 6.06. The predicted molar refractivity (Wildman–Crippen MR) is 77.2 cm³/mol. The zero-order chi connectivity index (χ0) is 13.1. The quantitative estimate of drug-likeness (QED) is 0.653. The average Bonchev–Trinajstić information content (AvgIpc) is 2.88. The molecule has 0 radical (unpaired) electrons. The Bertz CT molecular complexity index is 584. The number of aryl methyl sites for hydroxylation is 2. The van der Waals surface area contributed by atoms with E-state index in [1.807, 2.05) is 36.4 Å². The van der Waals surface area contributed by atoms with Crippen LogP contribution in [0.5, 0.6) is 0 Å². The number of hydrogen-bond donors (Lipinski definition) is 1. The molecule has 0 amide bonds. The standard InChI is InChI=1S/C17H17NO/c19-17(13-6-2-1-3-7-13)11-10-15-12-14-8-4-5-9-16(14)18-15/h1-3,6-7,10-12,18H,4-5,8-9H2/b11-10+. The third kappa shape index (κ3) is 2.68. The lowest BCUT2D eigenvalue weighted by Gasteiger charge is -2.08. The second-order valence-electron chi connectivity index (χ2n) is 5.00. The molecular formula is C17H17NO. The van der Waals surface area contributed by atoms with Crippen LogP contribution in [0.3, 0.4) is 0 Å². The number of rotatable bonds is 3. The Hall–Kier alpha value is -2.09. The molecule has 96 valence electrons. The number of ketones is 1. The Morgan fingerprint density at radius 1 is 1.11 bits per heavy atom. The van der Waals surface area contributed by atoms with Gasteiger partial charge in [-0.25, -0.2) is 0 Å². The summed E-state index contributed by atoms with van der Waals surface area (Å²) in [6.07, 6.45) is 8.36. The maximum Gasteiger partial charge on any atom is 0.185 e. The summed E-state index contributed by atoms with van der Waals surface area (Å²) in [5.74, 6) is 0.0492. The molecule has 0 saturated heterocycles. The highest BCUT2D eigenvalue weighted by atomic mass is 16.1. The van der Waals surface area contributed by atoms with Gasteiger partial charge in [-0.05, 0) is 49.5 Å². The van der Waals surface area contributed by atoms with E-state index in [0.29, 0.717) is 0 Å². The number of aromatic nitrogens is 1. The number of allylic oxidation sites excluding steroid dienone is 1. The zero-order valence-electron chi connectivity index (χ0n) is 10.9. The third-order valence-corrected chi connectivity index (χ3v) is 3.61. The Kier molecular flexibility index (Phi) is 3.32. The van der Waals surface area contributed by atoms with Crippen LogP contribution in [-0.2, 0) is 12.8 Å². The number of H-pyrrole nitrogens is 1. The van der Waals surface area contributed by atoms with Gasteiger partial charge in [0.2, 0.25) is 0 Å². The Balaban J connectivity index is 1.76. The first-order valence-electron chi connectivity index (χ1n) is 6.81. The zero-order valence-corrected chi connectivity index (χ0v) is 10.9. The van der Waals surface area contributed by atoms with Crippen molar-refractivity contribution in [3.8, 4) is 0 Å². The van der Waals surface area contributed by atoms with E-state index >= 15 is 0 Å². The largest absolute Gasteiger partial charge is 0.359 e. The van der Waals surface area contributed by atoms with E-state index < -0.39 is 0 Å². The van der Waals surface area contributed by atoms with Crippen LogP contribution < -0.4 is 0 Å². The molecular weight excluding hydrogens is 234 g/mol. The van der Waals surface area contributed by atoms with Gasteiger partial charge >= 0.3 is 0 Å². The van der Waals surface area contributed by atoms with Crippen LogP contribution >= 0.6 is 0 Å². The summed E-state index contributed by atoms with van der Waals surface area (Å²) >= 11 is 0. The molecule has 2 aromatic rings. The van der Waals surface area contributed by atoms with Gasteiger partial charge in [-0.15, -0.1) is 0 Å². The summed E-state index contributed by atoms with van der Waals surface area (Å²) in [5, 5.41) is 0. The molecule has 1 aromatic carbocycles. The van der Waals surface area contributed by atoms with Crippen LogP contribution in [-0.4, -0.2) is 10.8 Å². The molecule has 1 heterocycles. The lowest BCUT2D eigenvalue weighted by atomic mass is 9.98. The first-order valence-corrected chi connectivity index (χ1v) is 6.81. The maximum atomic E-state index is 12.0. The van der Waals surface area contributed by atoms with Gasteiger partial charge in [0.15, 0.2) is 5.78 Å². The molecule has 3 rings (SSSR count). The molecule has 1 aliphatic carbocycles. The minimum absolute atomic E-state index is 0.0492. The monoisotopic (exact) mass is 251 g/mol. The number of benzene rings is 1. The Morgan fingerprint density at radius 3 is 2.68 bits per heavy atom. The smallest absolute Gasteiger partial charge is 0.185 e. The topological polar surface area (TPSA) is 32.9 Å². The SMILES string of the molecule is O=C(/C=C/c1cc2c([nH]1)CCCC2)c1ccccc1. The maximum absolute atomic E-state index is 12.0. The number of carbonyl (C=O) groups is 1. The first-order chi connectivity index (χ1) is 9.33. The van der Waals surface area contributed by atoms with Crippen molar-refractivity contribution in [2.45, 2.75) is 25.7 Å². The van der Waals surface area contributed by atoms with Gasteiger partial charge in [0.05, 0.1) is 0 Å². The highest BCUT2D eigenvalue weighted by Crippen LogP contribution is 2.22. The van der Waals surface area contributed by atoms with E-state index in [4.69, 9.17) is 0 Å². The van der Waals surface area contributed by atoms with E-state index in [0.717, 1.165) is 24.1 Å². The molecule has 0 atom stereocenters. The molecule has 0 aliphatic heterocycles. The van der Waals surface area contributed by atoms with Gasteiger partial charge in [0, 0.05) is 17.0 Å². The minimum Gasteiger partial charge on any atom is -0.359 e. The van der Waals surface area contributed by atoms with Crippen molar-refractivity contribution in [1.29, 1.82) is 0 Å². The number of fused-ring (bicyclic) bond motifs is 1. The predicted octanol–water partition coefficient (Wildman–Crippen LogP) is 3.79. The van der Waals surface area contributed by atoms with Crippen molar-refractivity contribution in [3.63, 3.8) is 0 Å². The Morgan fingerprint density at radius 2 is 1.89 bits per heavy atom. The first kappa shape index (κ1) is 12.0. The fraction of sp³-hybridized carbons (Fsp3) is 0.235. The third-order valence-electron chi connectivity index (χ3n) is 3.61. The number of nitrogens with one attached hydrogen (secondary N) is 1. The van der Waals surface area contributed by atoms with E-state index in [1.165, 1.54) is 24.1 Å². The summed E-state index contributed by atoms with van der Waals surface area (Å²) in [5.41, 5.74) is 4.53. The lowest BCUT2D eigenvalue weighted by molar-refractivity contribution is 0.104. The summed E-state index contributed by atoms with van der Waals surface area (Å²) in [6, 6.07) is 11.5. The summed E-state index contributed by atoms with van der Waals surface area (Å²) in [7, 11) is 0. The molecule has 19 heavy (non-hydrogen) atoms. The molecule has 1 N–H and O–H groups in total. The normalized spacial score (nSPS) is 14.5. The van der Waals surface area contributed by atoms with Crippen molar-refractivity contribution < 1.29 is 4.79 Å². The van der Waals surface area contributed by atoms with E-state index in [1.54, 1.807) is 6.08 Å². The van der Waals surface area contributed by atoms with Gasteiger partial charge in [0.1, 0.15) is 0 Å². The van der Waals surface area contributed by atoms with Gasteiger partial charge in [-0.3, -0.25) is 4.79 Å². The lowest BCUT2D eigenvalue weighted by Crippen LogP contribution is -1.99. The second kappa shape index (κ2) is 5.27. The summed E-state index contributed by atoms with van der Waals surface area (Å²) < 4.78 is 0. The van der Waals surface area contributed by atoms with Crippen LogP contribution in [0.25, 0.3) is 6.08 Å². The number of aromatic amines is 1. The van der Waals surface area contributed by atoms with E-state index in [2.05, 4.69) is 11.1 Å². The fourth-order valence-electron chi connectivity index (χ4n) is 2.58. The molecule has 0 saturated carbocycles. The van der Waals surface area contributed by atoms with Gasteiger partial charge in [0.25, 0.3) is 0 Å². The molecule has 1 aromatic heterocycles. The van der Waals surface area contributed by atoms with Gasteiger partial charge < -0.3 is 4.98 Å². The van der Waals surface area contributed by atoms with Crippen LogP contribution in [0, 0.1) is 0 Å². The molecule has 2 nitrogen and oxygen atoms in total. The Labute approximate surface area is 113 Å². The minimum atomic E-state index is 0.0492. The summed E-state index contributed by atoms with van der Waals surface area (Å²) in [4.78, 5) is 15.4. The molecule has 0 unspecified atom stereocenters. The fourth-order valence-corrected chi connectivity index (χ4v) is 2.58. The van der Waals surface area contributed by atoms with Crippen molar-refractivity contribution in [2.75, 3.05) is 0 Å². The molecule has 2 heteroatoms. The van der Waals surface area contributed by atoms with Crippen LogP contribution in [0.15, 0.2) is 42.5 Å². The van der Waals surface area contributed by atoms with E-state index in [9.17, 15) is 4.79 Å². The van der Waals surface area contributed by atoms with Crippen molar-refractivity contribution in [2.24, 2.45) is 0 Å². The van der Waals surface area contributed by atoms with Gasteiger partial charge in [-0.2, -0.15) is 0 Å². The number of hydrogen-bond acceptors (Lipinski definition) is 1. The van der Waals surface area contributed by atoms with E-state index in [-0.39, 0.29) is 5.78 Å². The summed E-state index contributed by atoms with van der Waals surface area (Å²) in [6.45, 7) is 0. The average molecular weight is 251 g/mol. The number of carbonyl (C=O) groups excluding carboxylic acids is 1. The van der Waals surface area contributed by atoms with Crippen molar-refractivity contribution >= 4 is 11.9 Å². The molecule has 0 spiro atoms. The molecule has 0 bridgehead atoms.